The summed E-state index contributed by atoms with van der Waals surface area (Å²) >= 11 is 0. The van der Waals surface area contributed by atoms with E-state index in [1.807, 2.05) is 38.1 Å². The van der Waals surface area contributed by atoms with Gasteiger partial charge in [0, 0.05) is 5.69 Å². The van der Waals surface area contributed by atoms with E-state index in [0.717, 1.165) is 18.5 Å². The molecule has 20 heavy (non-hydrogen) atoms. The molecule has 4 nitrogen and oxygen atoms in total. The molecule has 2 amide bonds. The number of nitrogens with zero attached hydrogens (tertiary/aromatic N) is 1. The van der Waals surface area contributed by atoms with Crippen molar-refractivity contribution in [1.82, 2.24) is 5.32 Å². The Morgan fingerprint density at radius 3 is 2.45 bits per heavy atom. The molecule has 0 radical (unpaired) electrons. The molecular weight excluding hydrogens is 252 g/mol. The van der Waals surface area contributed by atoms with Gasteiger partial charge in [0.1, 0.15) is 6.04 Å². The molecule has 0 aliphatic carbocycles. The van der Waals surface area contributed by atoms with Crippen LogP contribution in [0.3, 0.4) is 0 Å². The third-order valence-corrected chi connectivity index (χ3v) is 3.61. The van der Waals surface area contributed by atoms with E-state index in [1.54, 1.807) is 4.90 Å². The van der Waals surface area contributed by atoms with Crippen LogP contribution in [0, 0.1) is 5.92 Å². The maximum atomic E-state index is 12.2. The first-order valence-electron chi connectivity index (χ1n) is 7.23. The normalized spacial score (nSPS) is 19.4. The van der Waals surface area contributed by atoms with Gasteiger partial charge < -0.3 is 5.32 Å². The van der Waals surface area contributed by atoms with Crippen LogP contribution in [-0.2, 0) is 16.0 Å². The molecule has 0 bridgehead atoms. The Bertz CT molecular complexity index is 494. The minimum absolute atomic E-state index is 0.0495. The summed E-state index contributed by atoms with van der Waals surface area (Å²) in [7, 11) is 0. The highest BCUT2D eigenvalue weighted by Gasteiger charge is 2.37. The van der Waals surface area contributed by atoms with Crippen LogP contribution in [0.4, 0.5) is 5.69 Å². The quantitative estimate of drug-likeness (QED) is 0.914. The van der Waals surface area contributed by atoms with Gasteiger partial charge in [-0.2, -0.15) is 0 Å². The summed E-state index contributed by atoms with van der Waals surface area (Å²) < 4.78 is 0. The number of carbonyl (C=O) groups excluding carboxylic acids is 2. The SMILES string of the molecule is CCCc1ccc(N2C(=O)CNC(=O)C2C(C)C)cc1. The molecule has 0 aromatic heterocycles. The number of piperazine rings is 1. The second-order valence-electron chi connectivity index (χ2n) is 5.59. The maximum absolute atomic E-state index is 12.2. The van der Waals surface area contributed by atoms with Gasteiger partial charge in [0.15, 0.2) is 0 Å². The standard InChI is InChI=1S/C16H22N2O2/c1-4-5-12-6-8-13(9-7-12)18-14(19)10-17-16(20)15(18)11(2)3/h6-9,11,15H,4-5,10H2,1-3H3,(H,17,20). The van der Waals surface area contributed by atoms with Crippen LogP contribution >= 0.6 is 0 Å². The Labute approximate surface area is 120 Å². The van der Waals surface area contributed by atoms with Gasteiger partial charge in [0.05, 0.1) is 6.54 Å². The highest BCUT2D eigenvalue weighted by molar-refractivity contribution is 6.06. The number of carbonyl (C=O) groups is 2. The Morgan fingerprint density at radius 1 is 1.25 bits per heavy atom. The van der Waals surface area contributed by atoms with Crippen LogP contribution in [0.1, 0.15) is 32.8 Å². The van der Waals surface area contributed by atoms with Crippen molar-refractivity contribution in [2.24, 2.45) is 5.92 Å². The van der Waals surface area contributed by atoms with Crippen LogP contribution in [0.15, 0.2) is 24.3 Å². The Hall–Kier alpha value is -1.84. The lowest BCUT2D eigenvalue weighted by Gasteiger charge is -2.37. The number of aryl methyl sites for hydroxylation is 1. The smallest absolute Gasteiger partial charge is 0.247 e. The lowest BCUT2D eigenvalue weighted by molar-refractivity contribution is -0.131. The van der Waals surface area contributed by atoms with E-state index >= 15 is 0 Å². The first kappa shape index (κ1) is 14.6. The van der Waals surface area contributed by atoms with Crippen molar-refractivity contribution < 1.29 is 9.59 Å². The number of hydrogen-bond acceptors (Lipinski definition) is 2. The molecule has 2 rings (SSSR count). The lowest BCUT2D eigenvalue weighted by Crippen LogP contribution is -2.60. The number of amides is 2. The predicted octanol–water partition coefficient (Wildman–Crippen LogP) is 2.13. The average molecular weight is 274 g/mol. The molecule has 1 aliphatic heterocycles. The van der Waals surface area contributed by atoms with Crippen LogP contribution in [0.2, 0.25) is 0 Å². The van der Waals surface area contributed by atoms with Crippen molar-refractivity contribution in [2.45, 2.75) is 39.7 Å². The first-order chi connectivity index (χ1) is 9.54. The molecule has 108 valence electrons. The predicted molar refractivity (Wildman–Crippen MR) is 79.6 cm³/mol. The van der Waals surface area contributed by atoms with Crippen LogP contribution in [0.25, 0.3) is 0 Å². The summed E-state index contributed by atoms with van der Waals surface area (Å²) in [4.78, 5) is 25.8. The molecule has 1 aliphatic rings. The zero-order valence-electron chi connectivity index (χ0n) is 12.3. The monoisotopic (exact) mass is 274 g/mol. The van der Waals surface area contributed by atoms with Gasteiger partial charge in [0.2, 0.25) is 11.8 Å². The molecule has 1 unspecified atom stereocenters. The zero-order valence-corrected chi connectivity index (χ0v) is 12.3. The second kappa shape index (κ2) is 6.07. The second-order valence-corrected chi connectivity index (χ2v) is 5.59. The summed E-state index contributed by atoms with van der Waals surface area (Å²) in [6.45, 7) is 6.14. The van der Waals surface area contributed by atoms with E-state index in [4.69, 9.17) is 0 Å². The van der Waals surface area contributed by atoms with Crippen molar-refractivity contribution >= 4 is 17.5 Å². The first-order valence-corrected chi connectivity index (χ1v) is 7.23. The van der Waals surface area contributed by atoms with Crippen molar-refractivity contribution in [3.63, 3.8) is 0 Å². The fourth-order valence-corrected chi connectivity index (χ4v) is 2.64. The lowest BCUT2D eigenvalue weighted by atomic mass is 9.98. The maximum Gasteiger partial charge on any atom is 0.247 e. The minimum Gasteiger partial charge on any atom is -0.345 e. The van der Waals surface area contributed by atoms with E-state index in [0.29, 0.717) is 0 Å². The fraction of sp³-hybridized carbons (Fsp3) is 0.500. The third-order valence-electron chi connectivity index (χ3n) is 3.61. The topological polar surface area (TPSA) is 49.4 Å². The van der Waals surface area contributed by atoms with Crippen molar-refractivity contribution in [1.29, 1.82) is 0 Å². The summed E-state index contributed by atoms with van der Waals surface area (Å²) in [5.41, 5.74) is 2.06. The highest BCUT2D eigenvalue weighted by Crippen LogP contribution is 2.24. The van der Waals surface area contributed by atoms with Gasteiger partial charge in [-0.1, -0.05) is 39.3 Å². The summed E-state index contributed by atoms with van der Waals surface area (Å²) in [6.07, 6.45) is 2.13. The molecule has 1 fully saturated rings. The van der Waals surface area contributed by atoms with E-state index in [2.05, 4.69) is 12.2 Å². The van der Waals surface area contributed by atoms with Crippen molar-refractivity contribution in [2.75, 3.05) is 11.4 Å². The molecule has 0 saturated carbocycles. The molecular formula is C16H22N2O2. The fourth-order valence-electron chi connectivity index (χ4n) is 2.64. The summed E-state index contributed by atoms with van der Waals surface area (Å²) in [5.74, 6) is -0.0432. The number of benzene rings is 1. The Balaban J connectivity index is 2.30. The van der Waals surface area contributed by atoms with Crippen molar-refractivity contribution in [3.05, 3.63) is 29.8 Å². The number of hydrogen-bond donors (Lipinski definition) is 1. The van der Waals surface area contributed by atoms with Crippen LogP contribution in [0.5, 0.6) is 0 Å². The molecule has 1 N–H and O–H groups in total. The van der Waals surface area contributed by atoms with E-state index in [-0.39, 0.29) is 24.3 Å². The number of rotatable bonds is 4. The largest absolute Gasteiger partial charge is 0.345 e. The van der Waals surface area contributed by atoms with Gasteiger partial charge in [-0.3, -0.25) is 14.5 Å². The molecule has 1 aromatic carbocycles. The summed E-state index contributed by atoms with van der Waals surface area (Å²) in [6, 6.07) is 7.54. The van der Waals surface area contributed by atoms with Crippen LogP contribution < -0.4 is 10.2 Å². The Kier molecular flexibility index (Phi) is 4.42. The third kappa shape index (κ3) is 2.84. The van der Waals surface area contributed by atoms with Crippen molar-refractivity contribution in [3.8, 4) is 0 Å². The van der Waals surface area contributed by atoms with Gasteiger partial charge in [-0.15, -0.1) is 0 Å². The molecule has 0 spiro atoms. The minimum atomic E-state index is -0.423. The molecule has 4 heteroatoms. The molecule has 1 heterocycles. The molecule has 1 atom stereocenters. The zero-order chi connectivity index (χ0) is 14.7. The number of nitrogens with one attached hydrogen (secondary N) is 1. The van der Waals surface area contributed by atoms with Gasteiger partial charge >= 0.3 is 0 Å². The Morgan fingerprint density at radius 2 is 1.90 bits per heavy atom. The van der Waals surface area contributed by atoms with Gasteiger partial charge in [-0.05, 0) is 30.0 Å². The van der Waals surface area contributed by atoms with E-state index < -0.39 is 6.04 Å². The van der Waals surface area contributed by atoms with E-state index in [1.165, 1.54) is 5.56 Å². The molecule has 1 aromatic rings. The number of anilines is 1. The summed E-state index contributed by atoms with van der Waals surface area (Å²) in [5, 5.41) is 2.66. The van der Waals surface area contributed by atoms with Gasteiger partial charge in [0.25, 0.3) is 0 Å². The highest BCUT2D eigenvalue weighted by atomic mass is 16.2. The van der Waals surface area contributed by atoms with Gasteiger partial charge in [-0.25, -0.2) is 0 Å². The van der Waals surface area contributed by atoms with Crippen LogP contribution in [-0.4, -0.2) is 24.4 Å². The average Bonchev–Trinajstić information content (AvgIpc) is 2.42. The molecule has 1 saturated heterocycles. The van der Waals surface area contributed by atoms with E-state index in [9.17, 15) is 9.59 Å².